The zero-order valence-corrected chi connectivity index (χ0v) is 16.6. The molecule has 1 amide bonds. The van der Waals surface area contributed by atoms with Crippen LogP contribution in [0.25, 0.3) is 0 Å². The molecule has 1 fully saturated rings. The Kier molecular flexibility index (Phi) is 7.01. The number of aromatic nitrogens is 1. The van der Waals surface area contributed by atoms with Crippen LogP contribution in [-0.2, 0) is 22.7 Å². The van der Waals surface area contributed by atoms with Gasteiger partial charge in [0.1, 0.15) is 5.75 Å². The molecule has 6 nitrogen and oxygen atoms in total. The standard InChI is InChI=1S/C22H29N3O3/c1-17(2)11-25-14-21(28-16-19-7-9-23-10-8-19)13-24(15-22(25)27)12-18-3-5-20(26)6-4-18/h3-10,17,21,26H,11-16H2,1-2H3/t21-/m0/s1. The maximum absolute atomic E-state index is 12.8. The minimum absolute atomic E-state index is 0.0597. The lowest BCUT2D eigenvalue weighted by atomic mass is 10.2. The number of phenols is 1. The van der Waals surface area contributed by atoms with Crippen molar-refractivity contribution in [1.82, 2.24) is 14.8 Å². The summed E-state index contributed by atoms with van der Waals surface area (Å²) in [6, 6.07) is 11.0. The minimum Gasteiger partial charge on any atom is -0.508 e. The van der Waals surface area contributed by atoms with E-state index in [1.165, 1.54) is 0 Å². The smallest absolute Gasteiger partial charge is 0.236 e. The average Bonchev–Trinajstić information content (AvgIpc) is 2.81. The predicted molar refractivity (Wildman–Crippen MR) is 108 cm³/mol. The minimum atomic E-state index is -0.0597. The Morgan fingerprint density at radius 3 is 2.50 bits per heavy atom. The van der Waals surface area contributed by atoms with Crippen molar-refractivity contribution in [1.29, 1.82) is 0 Å². The Bertz CT molecular complexity index is 749. The Hall–Kier alpha value is -2.44. The summed E-state index contributed by atoms with van der Waals surface area (Å²) in [5, 5.41) is 9.49. The van der Waals surface area contributed by atoms with E-state index >= 15 is 0 Å². The normalized spacial score (nSPS) is 18.5. The lowest BCUT2D eigenvalue weighted by molar-refractivity contribution is -0.132. The topological polar surface area (TPSA) is 65.9 Å². The molecule has 1 N–H and O–H groups in total. The van der Waals surface area contributed by atoms with E-state index in [1.807, 2.05) is 29.2 Å². The first kappa shape index (κ1) is 20.3. The van der Waals surface area contributed by atoms with Gasteiger partial charge in [-0.1, -0.05) is 26.0 Å². The molecule has 0 saturated carbocycles. The van der Waals surface area contributed by atoms with Crippen molar-refractivity contribution in [3.8, 4) is 5.75 Å². The van der Waals surface area contributed by atoms with E-state index in [0.717, 1.165) is 17.7 Å². The van der Waals surface area contributed by atoms with Crippen LogP contribution in [0, 0.1) is 5.92 Å². The van der Waals surface area contributed by atoms with E-state index in [0.29, 0.717) is 38.7 Å². The van der Waals surface area contributed by atoms with E-state index in [4.69, 9.17) is 4.74 Å². The van der Waals surface area contributed by atoms with Gasteiger partial charge in [-0.25, -0.2) is 0 Å². The van der Waals surface area contributed by atoms with Crippen LogP contribution < -0.4 is 0 Å². The molecule has 6 heteroatoms. The number of hydrogen-bond acceptors (Lipinski definition) is 5. The van der Waals surface area contributed by atoms with Crippen LogP contribution >= 0.6 is 0 Å². The second-order valence-corrected chi connectivity index (χ2v) is 7.82. The quantitative estimate of drug-likeness (QED) is 0.796. The molecule has 150 valence electrons. The summed E-state index contributed by atoms with van der Waals surface area (Å²) in [6.07, 6.45) is 3.46. The van der Waals surface area contributed by atoms with E-state index < -0.39 is 0 Å². The van der Waals surface area contributed by atoms with Crippen LogP contribution in [0.4, 0.5) is 0 Å². The molecular weight excluding hydrogens is 354 g/mol. The number of benzene rings is 1. The number of nitrogens with zero attached hydrogens (tertiary/aromatic N) is 3. The van der Waals surface area contributed by atoms with E-state index in [2.05, 4.69) is 23.7 Å². The fourth-order valence-corrected chi connectivity index (χ4v) is 3.44. The zero-order valence-electron chi connectivity index (χ0n) is 16.6. The molecule has 0 aliphatic carbocycles. The third kappa shape index (κ3) is 6.04. The Balaban J connectivity index is 1.69. The van der Waals surface area contributed by atoms with Crippen LogP contribution in [0.15, 0.2) is 48.8 Å². The third-order valence-corrected chi connectivity index (χ3v) is 4.76. The second kappa shape index (κ2) is 9.66. The number of phenolic OH excluding ortho intramolecular Hbond substituents is 1. The number of ether oxygens (including phenoxy) is 1. The molecule has 0 spiro atoms. The van der Waals surface area contributed by atoms with Crippen LogP contribution in [-0.4, -0.2) is 58.1 Å². The van der Waals surface area contributed by atoms with Crippen LogP contribution in [0.2, 0.25) is 0 Å². The second-order valence-electron chi connectivity index (χ2n) is 7.82. The highest BCUT2D eigenvalue weighted by Crippen LogP contribution is 2.16. The fraction of sp³-hybridized carbons (Fsp3) is 0.455. The number of hydrogen-bond donors (Lipinski definition) is 1. The Labute approximate surface area is 166 Å². The van der Waals surface area contributed by atoms with Crippen molar-refractivity contribution >= 4 is 5.91 Å². The van der Waals surface area contributed by atoms with Gasteiger partial charge in [0.2, 0.25) is 5.91 Å². The number of rotatable bonds is 7. The summed E-state index contributed by atoms with van der Waals surface area (Å²) in [5.41, 5.74) is 2.14. The summed E-state index contributed by atoms with van der Waals surface area (Å²) in [5.74, 6) is 0.799. The summed E-state index contributed by atoms with van der Waals surface area (Å²) in [4.78, 5) is 20.9. The first-order valence-electron chi connectivity index (χ1n) is 9.78. The Morgan fingerprint density at radius 2 is 1.82 bits per heavy atom. The van der Waals surface area contributed by atoms with Gasteiger partial charge in [0.25, 0.3) is 0 Å². The van der Waals surface area contributed by atoms with Crippen molar-refractivity contribution in [2.75, 3.05) is 26.2 Å². The van der Waals surface area contributed by atoms with Crippen LogP contribution in [0.3, 0.4) is 0 Å². The average molecular weight is 383 g/mol. The molecule has 0 radical (unpaired) electrons. The highest BCUT2D eigenvalue weighted by molar-refractivity contribution is 5.78. The van der Waals surface area contributed by atoms with Gasteiger partial charge in [0, 0.05) is 38.6 Å². The fourth-order valence-electron chi connectivity index (χ4n) is 3.44. The first-order chi connectivity index (χ1) is 13.5. The van der Waals surface area contributed by atoms with Crippen LogP contribution in [0.1, 0.15) is 25.0 Å². The summed E-state index contributed by atoms with van der Waals surface area (Å²) >= 11 is 0. The molecule has 0 unspecified atom stereocenters. The molecule has 1 aliphatic heterocycles. The Morgan fingerprint density at radius 1 is 1.11 bits per heavy atom. The molecule has 3 rings (SSSR count). The number of aromatic hydroxyl groups is 1. The third-order valence-electron chi connectivity index (χ3n) is 4.76. The molecule has 2 heterocycles. The molecule has 1 saturated heterocycles. The number of amides is 1. The van der Waals surface area contributed by atoms with Crippen molar-refractivity contribution < 1.29 is 14.6 Å². The highest BCUT2D eigenvalue weighted by Gasteiger charge is 2.28. The van der Waals surface area contributed by atoms with Gasteiger partial charge in [0.15, 0.2) is 0 Å². The molecule has 1 aliphatic rings. The number of carbonyl (C=O) groups excluding carboxylic acids is 1. The van der Waals surface area contributed by atoms with E-state index in [9.17, 15) is 9.90 Å². The number of pyridine rings is 1. The molecular formula is C22H29N3O3. The first-order valence-corrected chi connectivity index (χ1v) is 9.78. The van der Waals surface area contributed by atoms with Gasteiger partial charge in [-0.05, 0) is 41.3 Å². The predicted octanol–water partition coefficient (Wildman–Crippen LogP) is 2.67. The SMILES string of the molecule is CC(C)CN1C[C@@H](OCc2ccncc2)CN(Cc2ccc(O)cc2)CC1=O. The van der Waals surface area contributed by atoms with Crippen molar-refractivity contribution in [2.24, 2.45) is 5.92 Å². The van der Waals surface area contributed by atoms with Gasteiger partial charge in [-0.15, -0.1) is 0 Å². The maximum Gasteiger partial charge on any atom is 0.236 e. The maximum atomic E-state index is 12.8. The summed E-state index contributed by atoms with van der Waals surface area (Å²) < 4.78 is 6.19. The van der Waals surface area contributed by atoms with Gasteiger partial charge in [-0.2, -0.15) is 0 Å². The molecule has 1 aromatic carbocycles. The van der Waals surface area contributed by atoms with Crippen molar-refractivity contribution in [2.45, 2.75) is 33.1 Å². The van der Waals surface area contributed by atoms with Crippen LogP contribution in [0.5, 0.6) is 5.75 Å². The lowest BCUT2D eigenvalue weighted by Gasteiger charge is -2.26. The lowest BCUT2D eigenvalue weighted by Crippen LogP contribution is -2.40. The number of carbonyl (C=O) groups is 1. The van der Waals surface area contributed by atoms with E-state index in [1.54, 1.807) is 24.5 Å². The van der Waals surface area contributed by atoms with Gasteiger partial charge >= 0.3 is 0 Å². The molecule has 2 aromatic rings. The zero-order chi connectivity index (χ0) is 19.9. The van der Waals surface area contributed by atoms with Crippen molar-refractivity contribution in [3.63, 3.8) is 0 Å². The molecule has 0 bridgehead atoms. The summed E-state index contributed by atoms with van der Waals surface area (Å²) in [6.45, 7) is 7.81. The van der Waals surface area contributed by atoms with E-state index in [-0.39, 0.29) is 17.8 Å². The van der Waals surface area contributed by atoms with Gasteiger partial charge in [-0.3, -0.25) is 14.7 Å². The summed E-state index contributed by atoms with van der Waals surface area (Å²) in [7, 11) is 0. The largest absolute Gasteiger partial charge is 0.508 e. The van der Waals surface area contributed by atoms with Gasteiger partial charge in [0.05, 0.1) is 19.3 Å². The molecule has 28 heavy (non-hydrogen) atoms. The molecule has 1 aromatic heterocycles. The molecule has 1 atom stereocenters. The van der Waals surface area contributed by atoms with Crippen molar-refractivity contribution in [3.05, 3.63) is 59.9 Å². The highest BCUT2D eigenvalue weighted by atomic mass is 16.5. The monoisotopic (exact) mass is 383 g/mol. The van der Waals surface area contributed by atoms with Gasteiger partial charge < -0.3 is 14.7 Å².